The summed E-state index contributed by atoms with van der Waals surface area (Å²) < 4.78 is 23.4. The Labute approximate surface area is 110 Å². The van der Waals surface area contributed by atoms with Crippen LogP contribution >= 0.6 is 15.9 Å². The third kappa shape index (κ3) is 5.00. The summed E-state index contributed by atoms with van der Waals surface area (Å²) in [6, 6.07) is 7.08. The first-order valence-electron chi connectivity index (χ1n) is 5.44. The van der Waals surface area contributed by atoms with Gasteiger partial charge in [-0.15, -0.1) is 0 Å². The third-order valence-electron chi connectivity index (χ3n) is 2.47. The smallest absolute Gasteiger partial charge is 0.162 e. The van der Waals surface area contributed by atoms with Crippen LogP contribution in [-0.4, -0.2) is 25.7 Å². The van der Waals surface area contributed by atoms with Crippen molar-refractivity contribution in [3.05, 3.63) is 34.3 Å². The van der Waals surface area contributed by atoms with Crippen molar-refractivity contribution in [1.82, 2.24) is 0 Å². The molecular formula is C12H15BrO3S. The van der Waals surface area contributed by atoms with Crippen molar-refractivity contribution in [3.8, 4) is 0 Å². The summed E-state index contributed by atoms with van der Waals surface area (Å²) in [6.45, 7) is 1.62. The first-order valence-corrected chi connectivity index (χ1v) is 8.05. The summed E-state index contributed by atoms with van der Waals surface area (Å²) in [5, 5.41) is 0. The van der Waals surface area contributed by atoms with Gasteiger partial charge >= 0.3 is 0 Å². The standard InChI is InChI=1S/C12H15BrO3S/c1-2-17(15,16)9-3-4-12(14)10-5-7-11(13)8-6-10/h5-8H,2-4,9H2,1H3. The molecule has 0 aromatic heterocycles. The Morgan fingerprint density at radius 3 is 2.35 bits per heavy atom. The van der Waals surface area contributed by atoms with Crippen LogP contribution in [0.15, 0.2) is 28.7 Å². The molecular weight excluding hydrogens is 304 g/mol. The maximum absolute atomic E-state index is 11.7. The van der Waals surface area contributed by atoms with Crippen LogP contribution in [-0.2, 0) is 9.84 Å². The van der Waals surface area contributed by atoms with Gasteiger partial charge in [0.2, 0.25) is 0 Å². The number of hydrogen-bond donors (Lipinski definition) is 0. The predicted molar refractivity (Wildman–Crippen MR) is 72.0 cm³/mol. The number of carbonyl (C=O) groups is 1. The van der Waals surface area contributed by atoms with E-state index in [2.05, 4.69) is 15.9 Å². The van der Waals surface area contributed by atoms with E-state index in [0.717, 1.165) is 4.47 Å². The van der Waals surface area contributed by atoms with Gasteiger partial charge in [-0.25, -0.2) is 8.42 Å². The zero-order valence-electron chi connectivity index (χ0n) is 9.65. The second kappa shape index (κ2) is 6.31. The minimum absolute atomic E-state index is 0.0104. The number of benzene rings is 1. The molecule has 94 valence electrons. The van der Waals surface area contributed by atoms with Crippen LogP contribution in [0, 0.1) is 0 Å². The molecule has 1 rings (SSSR count). The van der Waals surface area contributed by atoms with Crippen LogP contribution in [0.2, 0.25) is 0 Å². The molecule has 1 aromatic rings. The number of sulfone groups is 1. The number of hydrogen-bond acceptors (Lipinski definition) is 3. The van der Waals surface area contributed by atoms with Crippen LogP contribution < -0.4 is 0 Å². The molecule has 0 spiro atoms. The van der Waals surface area contributed by atoms with Crippen molar-refractivity contribution >= 4 is 31.6 Å². The van der Waals surface area contributed by atoms with Gasteiger partial charge in [-0.2, -0.15) is 0 Å². The molecule has 3 nitrogen and oxygen atoms in total. The first kappa shape index (κ1) is 14.4. The number of ketones is 1. The summed E-state index contributed by atoms with van der Waals surface area (Å²) in [6.07, 6.45) is 0.673. The third-order valence-corrected chi connectivity index (χ3v) is 4.78. The Morgan fingerprint density at radius 1 is 1.24 bits per heavy atom. The van der Waals surface area contributed by atoms with Crippen LogP contribution in [0.3, 0.4) is 0 Å². The SMILES string of the molecule is CCS(=O)(=O)CCCC(=O)c1ccc(Br)cc1. The van der Waals surface area contributed by atoms with Crippen molar-refractivity contribution in [2.75, 3.05) is 11.5 Å². The summed E-state index contributed by atoms with van der Waals surface area (Å²) in [5.41, 5.74) is 0.627. The fourth-order valence-electron chi connectivity index (χ4n) is 1.38. The fraction of sp³-hybridized carbons (Fsp3) is 0.417. The fourth-order valence-corrected chi connectivity index (χ4v) is 2.51. The average Bonchev–Trinajstić information content (AvgIpc) is 2.29. The molecule has 5 heteroatoms. The predicted octanol–water partition coefficient (Wildman–Crippen LogP) is 2.85. The highest BCUT2D eigenvalue weighted by Crippen LogP contribution is 2.12. The van der Waals surface area contributed by atoms with Crippen LogP contribution in [0.4, 0.5) is 0 Å². The highest BCUT2D eigenvalue weighted by Gasteiger charge is 2.10. The largest absolute Gasteiger partial charge is 0.294 e. The summed E-state index contributed by atoms with van der Waals surface area (Å²) in [4.78, 5) is 11.7. The topological polar surface area (TPSA) is 51.2 Å². The molecule has 0 bridgehead atoms. The molecule has 0 aliphatic heterocycles. The van der Waals surface area contributed by atoms with Gasteiger partial charge in [0.15, 0.2) is 5.78 Å². The highest BCUT2D eigenvalue weighted by atomic mass is 79.9. The molecule has 0 unspecified atom stereocenters. The lowest BCUT2D eigenvalue weighted by molar-refractivity contribution is 0.0982. The highest BCUT2D eigenvalue weighted by molar-refractivity contribution is 9.10. The summed E-state index contributed by atoms with van der Waals surface area (Å²) in [7, 11) is -2.96. The van der Waals surface area contributed by atoms with Crippen LogP contribution in [0.25, 0.3) is 0 Å². The van der Waals surface area contributed by atoms with Gasteiger partial charge in [-0.3, -0.25) is 4.79 Å². The van der Waals surface area contributed by atoms with E-state index in [1.807, 2.05) is 0 Å². The Kier molecular flexibility index (Phi) is 5.33. The first-order chi connectivity index (χ1) is 7.94. The Hall–Kier alpha value is -0.680. The molecule has 0 amide bonds. The van der Waals surface area contributed by atoms with Gasteiger partial charge in [0, 0.05) is 22.2 Å². The zero-order chi connectivity index (χ0) is 12.9. The maximum Gasteiger partial charge on any atom is 0.162 e. The lowest BCUT2D eigenvalue weighted by Crippen LogP contribution is -2.10. The molecule has 0 heterocycles. The molecule has 1 aromatic carbocycles. The molecule has 0 aliphatic carbocycles. The van der Waals surface area contributed by atoms with Gasteiger partial charge < -0.3 is 0 Å². The second-order valence-corrected chi connectivity index (χ2v) is 7.16. The monoisotopic (exact) mass is 318 g/mol. The van der Waals surface area contributed by atoms with E-state index in [9.17, 15) is 13.2 Å². The lowest BCUT2D eigenvalue weighted by atomic mass is 10.1. The summed E-state index contributed by atoms with van der Waals surface area (Å²) in [5.74, 6) is 0.217. The van der Waals surface area contributed by atoms with Gasteiger partial charge in [0.25, 0.3) is 0 Å². The van der Waals surface area contributed by atoms with Crippen molar-refractivity contribution < 1.29 is 13.2 Å². The lowest BCUT2D eigenvalue weighted by Gasteiger charge is -2.02. The van der Waals surface area contributed by atoms with E-state index in [4.69, 9.17) is 0 Å². The quantitative estimate of drug-likeness (QED) is 0.758. The van der Waals surface area contributed by atoms with E-state index in [1.165, 1.54) is 0 Å². The van der Waals surface area contributed by atoms with Crippen molar-refractivity contribution in [2.45, 2.75) is 19.8 Å². The maximum atomic E-state index is 11.7. The van der Waals surface area contributed by atoms with Gasteiger partial charge in [-0.05, 0) is 18.6 Å². The van der Waals surface area contributed by atoms with Crippen molar-refractivity contribution in [3.63, 3.8) is 0 Å². The Morgan fingerprint density at radius 2 is 1.82 bits per heavy atom. The zero-order valence-corrected chi connectivity index (χ0v) is 12.1. The Balaban J connectivity index is 2.48. The van der Waals surface area contributed by atoms with Crippen molar-refractivity contribution in [2.24, 2.45) is 0 Å². The van der Waals surface area contributed by atoms with E-state index in [0.29, 0.717) is 12.0 Å². The molecule has 0 saturated heterocycles. The number of Topliss-reactive ketones (excluding diaryl/α,β-unsaturated/α-hetero) is 1. The molecule has 0 N–H and O–H groups in total. The number of halogens is 1. The second-order valence-electron chi connectivity index (χ2n) is 3.77. The number of carbonyl (C=O) groups excluding carboxylic acids is 1. The molecule has 0 saturated carbocycles. The van der Waals surface area contributed by atoms with Crippen molar-refractivity contribution in [1.29, 1.82) is 0 Å². The Bertz CT molecular complexity index is 477. The van der Waals surface area contributed by atoms with Gasteiger partial charge in [0.05, 0.1) is 5.75 Å². The molecule has 17 heavy (non-hydrogen) atoms. The van der Waals surface area contributed by atoms with Crippen LogP contribution in [0.5, 0.6) is 0 Å². The normalized spacial score (nSPS) is 11.4. The number of rotatable bonds is 6. The molecule has 0 atom stereocenters. The average molecular weight is 319 g/mol. The van der Waals surface area contributed by atoms with Gasteiger partial charge in [-0.1, -0.05) is 35.0 Å². The van der Waals surface area contributed by atoms with E-state index in [1.54, 1.807) is 31.2 Å². The van der Waals surface area contributed by atoms with Crippen LogP contribution in [0.1, 0.15) is 30.1 Å². The minimum atomic E-state index is -2.96. The van der Waals surface area contributed by atoms with E-state index < -0.39 is 9.84 Å². The minimum Gasteiger partial charge on any atom is -0.294 e. The van der Waals surface area contributed by atoms with E-state index in [-0.39, 0.29) is 23.7 Å². The molecule has 0 radical (unpaired) electrons. The van der Waals surface area contributed by atoms with E-state index >= 15 is 0 Å². The van der Waals surface area contributed by atoms with Gasteiger partial charge in [0.1, 0.15) is 9.84 Å². The summed E-state index contributed by atoms with van der Waals surface area (Å²) >= 11 is 3.29. The molecule has 0 aliphatic rings. The molecule has 0 fully saturated rings.